The Kier molecular flexibility index (Phi) is 3.91. The Labute approximate surface area is 92.7 Å². The fourth-order valence-corrected chi connectivity index (χ4v) is 1.94. The molecule has 3 heteroatoms. The third-order valence-electron chi connectivity index (χ3n) is 3.27. The third kappa shape index (κ3) is 3.06. The van der Waals surface area contributed by atoms with Gasteiger partial charge in [0.05, 0.1) is 0 Å². The molecule has 1 saturated heterocycles. The lowest BCUT2D eigenvalue weighted by Gasteiger charge is -2.48. The molecule has 86 valence electrons. The fraction of sp³-hybridized carbons (Fsp3) is 0.750. The first kappa shape index (κ1) is 12.2. The largest absolute Gasteiger partial charge is 0.338 e. The van der Waals surface area contributed by atoms with Crippen molar-refractivity contribution in [2.24, 2.45) is 5.41 Å². The normalized spacial score (nSPS) is 18.8. The molecular weight excluding hydrogens is 188 g/mol. The van der Waals surface area contributed by atoms with Crippen LogP contribution in [-0.2, 0) is 4.79 Å². The molecule has 15 heavy (non-hydrogen) atoms. The summed E-state index contributed by atoms with van der Waals surface area (Å²) in [5.41, 5.74) is 0.322. The summed E-state index contributed by atoms with van der Waals surface area (Å²) < 4.78 is 0. The molecule has 0 bridgehead atoms. The summed E-state index contributed by atoms with van der Waals surface area (Å²) in [6, 6.07) is 0. The standard InChI is InChI=1S/C12H22N2O/c1-5-11(15)14-9-12(3,10-14)7-8-13(4)6-2/h5H,1,6-10H2,2-4H3. The Morgan fingerprint density at radius 2 is 2.20 bits per heavy atom. The van der Waals surface area contributed by atoms with Gasteiger partial charge in [-0.2, -0.15) is 0 Å². The number of carbonyl (C=O) groups excluding carboxylic acids is 1. The smallest absolute Gasteiger partial charge is 0.245 e. The maximum absolute atomic E-state index is 11.3. The first-order valence-electron chi connectivity index (χ1n) is 5.60. The molecule has 1 heterocycles. The van der Waals surface area contributed by atoms with Gasteiger partial charge in [0.25, 0.3) is 0 Å². The number of carbonyl (C=O) groups is 1. The second-order valence-corrected chi connectivity index (χ2v) is 4.85. The maximum atomic E-state index is 11.3. The SMILES string of the molecule is C=CC(=O)N1CC(C)(CCN(C)CC)C1. The molecule has 1 fully saturated rings. The van der Waals surface area contributed by atoms with Crippen molar-refractivity contribution in [3.8, 4) is 0 Å². The summed E-state index contributed by atoms with van der Waals surface area (Å²) in [4.78, 5) is 15.4. The van der Waals surface area contributed by atoms with Crippen LogP contribution in [0.3, 0.4) is 0 Å². The number of amides is 1. The molecular formula is C12H22N2O. The Balaban J connectivity index is 2.28. The lowest BCUT2D eigenvalue weighted by Crippen LogP contribution is -2.57. The molecule has 0 N–H and O–H groups in total. The molecule has 0 aromatic heterocycles. The molecule has 0 atom stereocenters. The van der Waals surface area contributed by atoms with Gasteiger partial charge in [0.2, 0.25) is 5.91 Å². The van der Waals surface area contributed by atoms with E-state index < -0.39 is 0 Å². The fourth-order valence-electron chi connectivity index (χ4n) is 1.94. The summed E-state index contributed by atoms with van der Waals surface area (Å²) in [5.74, 6) is 0.0660. The summed E-state index contributed by atoms with van der Waals surface area (Å²) in [6.07, 6.45) is 2.57. The molecule has 1 rings (SSSR count). The van der Waals surface area contributed by atoms with E-state index in [9.17, 15) is 4.79 Å². The van der Waals surface area contributed by atoms with Crippen LogP contribution in [0.5, 0.6) is 0 Å². The summed E-state index contributed by atoms with van der Waals surface area (Å²) in [6.45, 7) is 11.9. The van der Waals surface area contributed by atoms with E-state index >= 15 is 0 Å². The Hall–Kier alpha value is -0.830. The van der Waals surface area contributed by atoms with Gasteiger partial charge in [-0.1, -0.05) is 20.4 Å². The van der Waals surface area contributed by atoms with E-state index in [0.717, 1.165) is 32.6 Å². The van der Waals surface area contributed by atoms with Crippen LogP contribution in [0.4, 0.5) is 0 Å². The molecule has 0 aromatic carbocycles. The van der Waals surface area contributed by atoms with Gasteiger partial charge in [0.1, 0.15) is 0 Å². The van der Waals surface area contributed by atoms with Crippen LogP contribution in [0, 0.1) is 5.41 Å². The van der Waals surface area contributed by atoms with Crippen molar-refractivity contribution in [1.82, 2.24) is 9.80 Å². The highest BCUT2D eigenvalue weighted by Crippen LogP contribution is 2.33. The molecule has 1 amide bonds. The van der Waals surface area contributed by atoms with Gasteiger partial charge in [-0.3, -0.25) is 4.79 Å². The molecule has 0 saturated carbocycles. The highest BCUT2D eigenvalue weighted by Gasteiger charge is 2.39. The average molecular weight is 210 g/mol. The maximum Gasteiger partial charge on any atom is 0.245 e. The lowest BCUT2D eigenvalue weighted by molar-refractivity contribution is -0.137. The van der Waals surface area contributed by atoms with Gasteiger partial charge < -0.3 is 9.80 Å². The molecule has 3 nitrogen and oxygen atoms in total. The molecule has 0 spiro atoms. The second kappa shape index (κ2) is 4.79. The van der Waals surface area contributed by atoms with Gasteiger partial charge >= 0.3 is 0 Å². The van der Waals surface area contributed by atoms with Gasteiger partial charge in [-0.05, 0) is 32.6 Å². The van der Waals surface area contributed by atoms with Gasteiger partial charge in [0.15, 0.2) is 0 Å². The van der Waals surface area contributed by atoms with E-state index in [0.29, 0.717) is 5.41 Å². The van der Waals surface area contributed by atoms with E-state index in [2.05, 4.69) is 32.4 Å². The van der Waals surface area contributed by atoms with E-state index in [-0.39, 0.29) is 5.91 Å². The molecule has 1 aliphatic rings. The van der Waals surface area contributed by atoms with Crippen LogP contribution in [-0.4, -0.2) is 48.9 Å². The molecule has 1 aliphatic heterocycles. The zero-order valence-electron chi connectivity index (χ0n) is 10.1. The minimum Gasteiger partial charge on any atom is -0.338 e. The highest BCUT2D eigenvalue weighted by molar-refractivity contribution is 5.87. The van der Waals surface area contributed by atoms with Crippen molar-refractivity contribution in [2.75, 3.05) is 33.2 Å². The van der Waals surface area contributed by atoms with E-state index in [1.807, 2.05) is 4.90 Å². The van der Waals surface area contributed by atoms with Crippen LogP contribution < -0.4 is 0 Å². The van der Waals surface area contributed by atoms with Crippen molar-refractivity contribution in [3.05, 3.63) is 12.7 Å². The monoisotopic (exact) mass is 210 g/mol. The zero-order chi connectivity index (χ0) is 11.5. The zero-order valence-corrected chi connectivity index (χ0v) is 10.1. The van der Waals surface area contributed by atoms with Crippen molar-refractivity contribution >= 4 is 5.91 Å². The van der Waals surface area contributed by atoms with Crippen molar-refractivity contribution in [3.63, 3.8) is 0 Å². The number of likely N-dealkylation sites (tertiary alicyclic amines) is 1. The predicted octanol–water partition coefficient (Wildman–Crippen LogP) is 1.36. The van der Waals surface area contributed by atoms with E-state index in [4.69, 9.17) is 0 Å². The Morgan fingerprint density at radius 1 is 1.60 bits per heavy atom. The molecule has 0 aliphatic carbocycles. The lowest BCUT2D eigenvalue weighted by atomic mass is 9.78. The van der Waals surface area contributed by atoms with Crippen LogP contribution in [0.15, 0.2) is 12.7 Å². The quantitative estimate of drug-likeness (QED) is 0.640. The summed E-state index contributed by atoms with van der Waals surface area (Å²) in [7, 11) is 2.13. The van der Waals surface area contributed by atoms with E-state index in [1.54, 1.807) is 0 Å². The van der Waals surface area contributed by atoms with Crippen LogP contribution in [0.1, 0.15) is 20.3 Å². The van der Waals surface area contributed by atoms with Gasteiger partial charge in [-0.25, -0.2) is 0 Å². The van der Waals surface area contributed by atoms with Crippen molar-refractivity contribution in [2.45, 2.75) is 20.3 Å². The second-order valence-electron chi connectivity index (χ2n) is 4.85. The van der Waals surface area contributed by atoms with E-state index in [1.165, 1.54) is 6.08 Å². The Bertz CT molecular complexity index is 244. The minimum atomic E-state index is 0.0660. The third-order valence-corrected chi connectivity index (χ3v) is 3.27. The number of hydrogen-bond donors (Lipinski definition) is 0. The first-order chi connectivity index (χ1) is 7.00. The van der Waals surface area contributed by atoms with Gasteiger partial charge in [-0.15, -0.1) is 0 Å². The van der Waals surface area contributed by atoms with Crippen molar-refractivity contribution in [1.29, 1.82) is 0 Å². The summed E-state index contributed by atoms with van der Waals surface area (Å²) in [5, 5.41) is 0. The topological polar surface area (TPSA) is 23.6 Å². The number of hydrogen-bond acceptors (Lipinski definition) is 2. The number of nitrogens with zero attached hydrogens (tertiary/aromatic N) is 2. The minimum absolute atomic E-state index is 0.0660. The predicted molar refractivity (Wildman–Crippen MR) is 62.7 cm³/mol. The average Bonchev–Trinajstić information content (AvgIpc) is 2.20. The Morgan fingerprint density at radius 3 is 2.67 bits per heavy atom. The first-order valence-corrected chi connectivity index (χ1v) is 5.60. The highest BCUT2D eigenvalue weighted by atomic mass is 16.2. The number of rotatable bonds is 5. The van der Waals surface area contributed by atoms with Crippen LogP contribution in [0.25, 0.3) is 0 Å². The summed E-state index contributed by atoms with van der Waals surface area (Å²) >= 11 is 0. The molecule has 0 radical (unpaired) electrons. The molecule has 0 unspecified atom stereocenters. The van der Waals surface area contributed by atoms with Crippen molar-refractivity contribution < 1.29 is 4.79 Å². The van der Waals surface area contributed by atoms with Crippen LogP contribution in [0.2, 0.25) is 0 Å². The molecule has 0 aromatic rings. The van der Waals surface area contributed by atoms with Crippen LogP contribution >= 0.6 is 0 Å². The van der Waals surface area contributed by atoms with Gasteiger partial charge in [0, 0.05) is 18.5 Å².